The number of amides is 1. The number of aliphatic carboxylic acids is 1. The summed E-state index contributed by atoms with van der Waals surface area (Å²) in [6.45, 7) is 0. The van der Waals surface area contributed by atoms with E-state index in [9.17, 15) is 14.7 Å². The van der Waals surface area contributed by atoms with Gasteiger partial charge < -0.3 is 19.4 Å². The van der Waals surface area contributed by atoms with Crippen molar-refractivity contribution in [3.63, 3.8) is 0 Å². The number of hydrogen-bond acceptors (Lipinski definition) is 8. The third kappa shape index (κ3) is 4.02. The Labute approximate surface area is 181 Å². The van der Waals surface area contributed by atoms with E-state index in [1.165, 1.54) is 25.6 Å². The Morgan fingerprint density at radius 2 is 2.03 bits per heavy atom. The van der Waals surface area contributed by atoms with Crippen LogP contribution in [0.1, 0.15) is 18.4 Å². The zero-order chi connectivity index (χ0) is 22.0. The quantitative estimate of drug-likeness (QED) is 0.577. The zero-order valence-corrected chi connectivity index (χ0v) is 17.6. The third-order valence-corrected chi connectivity index (χ3v) is 5.82. The fourth-order valence-electron chi connectivity index (χ4n) is 3.34. The van der Waals surface area contributed by atoms with Crippen molar-refractivity contribution in [3.8, 4) is 11.5 Å². The highest BCUT2D eigenvalue weighted by molar-refractivity contribution is 7.22. The maximum atomic E-state index is 13.1. The molecule has 0 saturated heterocycles. The van der Waals surface area contributed by atoms with Crippen molar-refractivity contribution in [1.82, 2.24) is 4.98 Å². The number of carbonyl (C=O) groups excluding carboxylic acids is 1. The van der Waals surface area contributed by atoms with Crippen molar-refractivity contribution in [3.05, 3.63) is 48.0 Å². The topological polar surface area (TPSA) is 119 Å². The average Bonchev–Trinajstić information content (AvgIpc) is 3.37. The van der Waals surface area contributed by atoms with Crippen molar-refractivity contribution in [2.75, 3.05) is 19.5 Å². The summed E-state index contributed by atoms with van der Waals surface area (Å²) in [6, 6.07) is 12.6. The molecule has 2 N–H and O–H groups in total. The second-order valence-corrected chi connectivity index (χ2v) is 7.91. The van der Waals surface area contributed by atoms with E-state index >= 15 is 0 Å². The molecular weight excluding hydrogens is 422 g/mol. The van der Waals surface area contributed by atoms with E-state index in [1.54, 1.807) is 18.2 Å². The number of anilines is 1. The Balaban J connectivity index is 1.62. The molecule has 2 aromatic carbocycles. The summed E-state index contributed by atoms with van der Waals surface area (Å²) in [5.74, 6) is -0.753. The molecule has 0 radical (unpaired) electrons. The number of nitrogens with zero attached hydrogens (tertiary/aromatic N) is 2. The number of hydrogen-bond donors (Lipinski definition) is 2. The molecule has 10 heteroatoms. The Hall–Kier alpha value is -3.66. The van der Waals surface area contributed by atoms with E-state index in [-0.39, 0.29) is 6.42 Å². The number of nitrogens with one attached hydrogen (secondary N) is 1. The summed E-state index contributed by atoms with van der Waals surface area (Å²) in [7, 11) is 3.03. The third-order valence-electron chi connectivity index (χ3n) is 4.87. The van der Waals surface area contributed by atoms with Crippen LogP contribution in [0.15, 0.2) is 47.6 Å². The molecule has 0 saturated carbocycles. The molecule has 0 bridgehead atoms. The molecule has 1 amide bonds. The number of oxime groups is 1. The highest BCUT2D eigenvalue weighted by Gasteiger charge is 2.49. The number of methoxy groups -OCH3 is 2. The number of carbonyl (C=O) groups is 2. The molecule has 2 heterocycles. The number of ether oxygens (including phenoxy) is 2. The van der Waals surface area contributed by atoms with Gasteiger partial charge >= 0.3 is 5.97 Å². The molecule has 0 fully saturated rings. The minimum Gasteiger partial charge on any atom is -0.497 e. The van der Waals surface area contributed by atoms with Gasteiger partial charge in [-0.3, -0.25) is 14.9 Å². The van der Waals surface area contributed by atoms with Crippen molar-refractivity contribution >= 4 is 44.3 Å². The summed E-state index contributed by atoms with van der Waals surface area (Å²) in [6.07, 6.45) is -0.622. The number of benzene rings is 2. The first kappa shape index (κ1) is 20.6. The lowest BCUT2D eigenvalue weighted by molar-refractivity contribution is -0.152. The fraction of sp³-hybridized carbons (Fsp3) is 0.238. The molecule has 0 aliphatic carbocycles. The summed E-state index contributed by atoms with van der Waals surface area (Å²) in [5, 5.41) is 16.5. The number of para-hydroxylation sites is 1. The molecule has 3 aromatic rings. The molecule has 0 spiro atoms. The van der Waals surface area contributed by atoms with E-state index in [4.69, 9.17) is 14.3 Å². The van der Waals surface area contributed by atoms with E-state index in [0.29, 0.717) is 27.9 Å². The van der Waals surface area contributed by atoms with Gasteiger partial charge in [0.05, 0.1) is 36.6 Å². The van der Waals surface area contributed by atoms with Gasteiger partial charge in [-0.05, 0) is 30.3 Å². The largest absolute Gasteiger partial charge is 0.497 e. The van der Waals surface area contributed by atoms with E-state index in [2.05, 4.69) is 15.5 Å². The van der Waals surface area contributed by atoms with Crippen LogP contribution in [0.5, 0.6) is 11.5 Å². The molecule has 1 atom stereocenters. The Bertz CT molecular complexity index is 1160. The molecule has 1 aliphatic heterocycles. The van der Waals surface area contributed by atoms with Gasteiger partial charge in [-0.1, -0.05) is 28.6 Å². The lowest BCUT2D eigenvalue weighted by Crippen LogP contribution is -2.45. The van der Waals surface area contributed by atoms with Gasteiger partial charge in [0, 0.05) is 12.0 Å². The van der Waals surface area contributed by atoms with Crippen LogP contribution in [-0.4, -0.2) is 47.5 Å². The number of thiazole rings is 1. The first-order chi connectivity index (χ1) is 14.9. The number of carboxylic acids is 1. The Morgan fingerprint density at radius 3 is 2.74 bits per heavy atom. The van der Waals surface area contributed by atoms with E-state index in [0.717, 1.165) is 10.2 Å². The first-order valence-electron chi connectivity index (χ1n) is 9.30. The second kappa shape index (κ2) is 8.23. The molecule has 1 aliphatic rings. The van der Waals surface area contributed by atoms with Crippen LogP contribution in [0.3, 0.4) is 0 Å². The fourth-order valence-corrected chi connectivity index (χ4v) is 4.20. The van der Waals surface area contributed by atoms with Crippen LogP contribution in [0, 0.1) is 0 Å². The van der Waals surface area contributed by atoms with Crippen molar-refractivity contribution in [2.45, 2.75) is 18.4 Å². The van der Waals surface area contributed by atoms with Crippen LogP contribution in [0.25, 0.3) is 10.2 Å². The predicted octanol–water partition coefficient (Wildman–Crippen LogP) is 3.29. The predicted molar refractivity (Wildman–Crippen MR) is 115 cm³/mol. The summed E-state index contributed by atoms with van der Waals surface area (Å²) >= 11 is 1.29. The lowest BCUT2D eigenvalue weighted by Gasteiger charge is -2.23. The maximum absolute atomic E-state index is 13.1. The van der Waals surface area contributed by atoms with Gasteiger partial charge in [-0.2, -0.15) is 0 Å². The van der Waals surface area contributed by atoms with Gasteiger partial charge in [-0.25, -0.2) is 4.98 Å². The summed E-state index contributed by atoms with van der Waals surface area (Å²) in [5.41, 5.74) is -0.0357. The minimum atomic E-state index is -1.72. The molecule has 1 aromatic heterocycles. The lowest BCUT2D eigenvalue weighted by atomic mass is 9.90. The monoisotopic (exact) mass is 441 g/mol. The molecule has 160 valence electrons. The van der Waals surface area contributed by atoms with Crippen LogP contribution in [0.2, 0.25) is 0 Å². The average molecular weight is 441 g/mol. The van der Waals surface area contributed by atoms with Crippen LogP contribution in [0.4, 0.5) is 5.13 Å². The van der Waals surface area contributed by atoms with E-state index < -0.39 is 23.9 Å². The van der Waals surface area contributed by atoms with Crippen molar-refractivity contribution in [1.29, 1.82) is 0 Å². The minimum absolute atomic E-state index is 0.0560. The van der Waals surface area contributed by atoms with Gasteiger partial charge in [0.15, 0.2) is 5.13 Å². The second-order valence-electron chi connectivity index (χ2n) is 6.88. The highest BCUT2D eigenvalue weighted by Crippen LogP contribution is 2.36. The standard InChI is InChI=1S/C21H19N3O6S/c1-28-12-7-8-16(29-2)13(9-12)15-10-21(30-24-15,11-18(25)26)19(27)23-20-22-14-5-3-4-6-17(14)31-20/h3-9H,10-11H2,1-2H3,(H,25,26)(H,22,23,27). The van der Waals surface area contributed by atoms with Crippen LogP contribution < -0.4 is 14.8 Å². The normalized spacial score (nSPS) is 17.7. The zero-order valence-electron chi connectivity index (χ0n) is 16.7. The molecule has 1 unspecified atom stereocenters. The summed E-state index contributed by atoms with van der Waals surface area (Å²) in [4.78, 5) is 34.5. The highest BCUT2D eigenvalue weighted by atomic mass is 32.1. The Morgan fingerprint density at radius 1 is 1.23 bits per heavy atom. The van der Waals surface area contributed by atoms with Gasteiger partial charge in [0.1, 0.15) is 11.5 Å². The molecular formula is C21H19N3O6S. The first-order valence-corrected chi connectivity index (χ1v) is 10.1. The number of aromatic nitrogens is 1. The SMILES string of the molecule is COc1ccc(OC)c(C2=NOC(CC(=O)O)(C(=O)Nc3nc4ccccc4s3)C2)c1. The molecule has 4 rings (SSSR count). The number of rotatable bonds is 7. The molecule has 9 nitrogen and oxygen atoms in total. The molecule has 31 heavy (non-hydrogen) atoms. The maximum Gasteiger partial charge on any atom is 0.308 e. The van der Waals surface area contributed by atoms with Crippen molar-refractivity contribution < 1.29 is 29.0 Å². The van der Waals surface area contributed by atoms with Gasteiger partial charge in [0.25, 0.3) is 5.91 Å². The smallest absolute Gasteiger partial charge is 0.308 e. The van der Waals surface area contributed by atoms with Crippen LogP contribution >= 0.6 is 11.3 Å². The van der Waals surface area contributed by atoms with Crippen LogP contribution in [-0.2, 0) is 14.4 Å². The van der Waals surface area contributed by atoms with E-state index in [1.807, 2.05) is 24.3 Å². The van der Waals surface area contributed by atoms with Gasteiger partial charge in [-0.15, -0.1) is 0 Å². The number of carboxylic acid groups (broad SMARTS) is 1. The van der Waals surface area contributed by atoms with Crippen molar-refractivity contribution in [2.24, 2.45) is 5.16 Å². The Kier molecular flexibility index (Phi) is 5.47. The number of fused-ring (bicyclic) bond motifs is 1. The van der Waals surface area contributed by atoms with Gasteiger partial charge in [0.2, 0.25) is 5.60 Å². The summed E-state index contributed by atoms with van der Waals surface area (Å²) < 4.78 is 11.5.